The van der Waals surface area contributed by atoms with Gasteiger partial charge in [0.05, 0.1) is 15.7 Å². The van der Waals surface area contributed by atoms with Crippen molar-refractivity contribution in [1.82, 2.24) is 0 Å². The van der Waals surface area contributed by atoms with Crippen molar-refractivity contribution >= 4 is 44.6 Å². The van der Waals surface area contributed by atoms with Gasteiger partial charge in [-0.1, -0.05) is 23.2 Å². The van der Waals surface area contributed by atoms with Crippen molar-refractivity contribution in [1.29, 1.82) is 0 Å². The monoisotopic (exact) mass is 334 g/mol. The summed E-state index contributed by atoms with van der Waals surface area (Å²) in [6, 6.07) is 7.50. The molecule has 0 aliphatic carbocycles. The van der Waals surface area contributed by atoms with Gasteiger partial charge in [-0.2, -0.15) is 0 Å². The van der Waals surface area contributed by atoms with E-state index in [1.54, 1.807) is 0 Å². The van der Waals surface area contributed by atoms with Crippen LogP contribution >= 0.6 is 23.2 Å². The zero-order chi connectivity index (χ0) is 14.9. The fraction of sp³-hybridized carbons (Fsp3) is 0. The highest BCUT2D eigenvalue weighted by Gasteiger charge is 2.19. The Kier molecular flexibility index (Phi) is 4.08. The summed E-state index contributed by atoms with van der Waals surface area (Å²) in [7, 11) is -4.07. The molecule has 0 spiro atoms. The lowest BCUT2D eigenvalue weighted by molar-refractivity contribution is 0.571. The molecule has 4 nitrogen and oxygen atoms in total. The van der Waals surface area contributed by atoms with Gasteiger partial charge in [-0.15, -0.1) is 0 Å². The Morgan fingerprint density at radius 2 is 1.75 bits per heavy atom. The van der Waals surface area contributed by atoms with Crippen LogP contribution in [0.2, 0.25) is 10.0 Å². The summed E-state index contributed by atoms with van der Waals surface area (Å²) in [6.07, 6.45) is 0. The Morgan fingerprint density at radius 3 is 2.35 bits per heavy atom. The number of sulfonamides is 1. The van der Waals surface area contributed by atoms with Gasteiger partial charge in [0.25, 0.3) is 10.0 Å². The highest BCUT2D eigenvalue weighted by Crippen LogP contribution is 2.27. The van der Waals surface area contributed by atoms with Crippen LogP contribution in [0.3, 0.4) is 0 Å². The van der Waals surface area contributed by atoms with Crippen molar-refractivity contribution in [2.45, 2.75) is 4.90 Å². The van der Waals surface area contributed by atoms with E-state index < -0.39 is 20.7 Å². The molecule has 2 aromatic carbocycles. The lowest BCUT2D eigenvalue weighted by Crippen LogP contribution is -2.14. The zero-order valence-corrected chi connectivity index (χ0v) is 12.2. The minimum Gasteiger partial charge on any atom is -0.399 e. The quantitative estimate of drug-likeness (QED) is 0.843. The van der Waals surface area contributed by atoms with Crippen LogP contribution in [0.4, 0.5) is 15.8 Å². The third kappa shape index (κ3) is 3.15. The average Bonchev–Trinajstić information content (AvgIpc) is 2.33. The lowest BCUT2D eigenvalue weighted by Gasteiger charge is -2.10. The van der Waals surface area contributed by atoms with E-state index in [4.69, 9.17) is 28.9 Å². The summed E-state index contributed by atoms with van der Waals surface area (Å²) in [5.41, 5.74) is 5.68. The summed E-state index contributed by atoms with van der Waals surface area (Å²) >= 11 is 11.5. The number of halogens is 3. The summed E-state index contributed by atoms with van der Waals surface area (Å²) < 4.78 is 40.0. The van der Waals surface area contributed by atoms with E-state index in [9.17, 15) is 12.8 Å². The summed E-state index contributed by atoms with van der Waals surface area (Å²) in [5.74, 6) is -0.933. The van der Waals surface area contributed by atoms with Crippen molar-refractivity contribution in [3.05, 3.63) is 52.3 Å². The standard InChI is InChI=1S/C12H9Cl2FN2O2S/c13-9-3-2-8(6-10(9)14)17-20(18,19)12-4-1-7(16)5-11(12)15/h1-6,17H,16H2. The number of nitrogen functional groups attached to an aromatic ring is 1. The highest BCUT2D eigenvalue weighted by atomic mass is 35.5. The number of hydrogen-bond acceptors (Lipinski definition) is 3. The van der Waals surface area contributed by atoms with Crippen LogP contribution in [-0.2, 0) is 10.0 Å². The van der Waals surface area contributed by atoms with Gasteiger partial charge in [0.2, 0.25) is 0 Å². The molecule has 0 atom stereocenters. The van der Waals surface area contributed by atoms with Crippen molar-refractivity contribution in [2.24, 2.45) is 0 Å². The molecule has 0 radical (unpaired) electrons. The number of nitrogens with one attached hydrogen (secondary N) is 1. The highest BCUT2D eigenvalue weighted by molar-refractivity contribution is 7.92. The van der Waals surface area contributed by atoms with Gasteiger partial charge in [-0.25, -0.2) is 12.8 Å². The van der Waals surface area contributed by atoms with Gasteiger partial charge in [0.1, 0.15) is 10.7 Å². The van der Waals surface area contributed by atoms with E-state index in [0.29, 0.717) is 0 Å². The molecule has 0 heterocycles. The zero-order valence-electron chi connectivity index (χ0n) is 9.90. The van der Waals surface area contributed by atoms with E-state index in [1.807, 2.05) is 0 Å². The number of hydrogen-bond donors (Lipinski definition) is 2. The molecule has 0 amide bonds. The SMILES string of the molecule is Nc1ccc(S(=O)(=O)Nc2ccc(Cl)c(Cl)c2)c(F)c1. The molecule has 0 aromatic heterocycles. The second-order valence-corrected chi connectivity index (χ2v) is 6.39. The minimum atomic E-state index is -4.07. The van der Waals surface area contributed by atoms with Crippen molar-refractivity contribution in [2.75, 3.05) is 10.5 Å². The van der Waals surface area contributed by atoms with Crippen LogP contribution in [0.25, 0.3) is 0 Å². The van der Waals surface area contributed by atoms with Crippen LogP contribution in [0.1, 0.15) is 0 Å². The maximum Gasteiger partial charge on any atom is 0.264 e. The minimum absolute atomic E-state index is 0.135. The smallest absolute Gasteiger partial charge is 0.264 e. The van der Waals surface area contributed by atoms with Crippen LogP contribution < -0.4 is 10.5 Å². The molecule has 20 heavy (non-hydrogen) atoms. The van der Waals surface area contributed by atoms with E-state index >= 15 is 0 Å². The lowest BCUT2D eigenvalue weighted by atomic mass is 10.3. The number of nitrogens with two attached hydrogens (primary N) is 1. The molecule has 0 aliphatic rings. The topological polar surface area (TPSA) is 72.2 Å². The molecule has 8 heteroatoms. The average molecular weight is 335 g/mol. The van der Waals surface area contributed by atoms with E-state index in [-0.39, 0.29) is 21.4 Å². The third-order valence-electron chi connectivity index (χ3n) is 2.42. The molecule has 0 unspecified atom stereocenters. The molecule has 0 saturated heterocycles. The van der Waals surface area contributed by atoms with Gasteiger partial charge >= 0.3 is 0 Å². The van der Waals surface area contributed by atoms with Crippen molar-refractivity contribution < 1.29 is 12.8 Å². The van der Waals surface area contributed by atoms with Gasteiger partial charge in [0, 0.05) is 5.69 Å². The second kappa shape index (κ2) is 5.47. The summed E-state index contributed by atoms with van der Waals surface area (Å²) in [4.78, 5) is -0.502. The number of benzene rings is 2. The molecule has 2 aromatic rings. The molecule has 2 rings (SSSR count). The van der Waals surface area contributed by atoms with E-state index in [1.165, 1.54) is 24.3 Å². The van der Waals surface area contributed by atoms with Crippen molar-refractivity contribution in [3.8, 4) is 0 Å². The normalized spacial score (nSPS) is 11.3. The molecule has 0 aliphatic heterocycles. The first-order chi connectivity index (χ1) is 9.29. The molecular weight excluding hydrogens is 326 g/mol. The Bertz CT molecular complexity index is 766. The van der Waals surface area contributed by atoms with Gasteiger partial charge < -0.3 is 5.73 Å². The second-order valence-electron chi connectivity index (χ2n) is 3.92. The molecule has 106 valence electrons. The van der Waals surface area contributed by atoms with Crippen LogP contribution in [0, 0.1) is 5.82 Å². The molecule has 0 saturated carbocycles. The first-order valence-electron chi connectivity index (χ1n) is 5.32. The summed E-state index contributed by atoms with van der Waals surface area (Å²) in [6.45, 7) is 0. The predicted octanol–water partition coefficient (Wildman–Crippen LogP) is 3.52. The molecule has 0 bridgehead atoms. The Morgan fingerprint density at radius 1 is 1.05 bits per heavy atom. The van der Waals surface area contributed by atoms with Gasteiger partial charge in [-0.05, 0) is 36.4 Å². The van der Waals surface area contributed by atoms with Crippen LogP contribution in [0.5, 0.6) is 0 Å². The first kappa shape index (κ1) is 14.9. The van der Waals surface area contributed by atoms with E-state index in [2.05, 4.69) is 4.72 Å². The largest absolute Gasteiger partial charge is 0.399 e. The van der Waals surface area contributed by atoms with E-state index in [0.717, 1.165) is 12.1 Å². The maximum atomic E-state index is 13.6. The number of rotatable bonds is 3. The van der Waals surface area contributed by atoms with Gasteiger partial charge in [-0.3, -0.25) is 4.72 Å². The third-order valence-corrected chi connectivity index (χ3v) is 4.57. The fourth-order valence-corrected chi connectivity index (χ4v) is 2.91. The predicted molar refractivity (Wildman–Crippen MR) is 78.1 cm³/mol. The molecule has 0 fully saturated rings. The Balaban J connectivity index is 2.38. The Labute approximate surface area is 125 Å². The molecular formula is C12H9Cl2FN2O2S. The Hall–Kier alpha value is -1.50. The number of anilines is 2. The van der Waals surface area contributed by atoms with Gasteiger partial charge in [0.15, 0.2) is 0 Å². The van der Waals surface area contributed by atoms with Crippen molar-refractivity contribution in [3.63, 3.8) is 0 Å². The molecule has 3 N–H and O–H groups in total. The fourth-order valence-electron chi connectivity index (χ4n) is 1.50. The maximum absolute atomic E-state index is 13.6. The van der Waals surface area contributed by atoms with Crippen LogP contribution in [-0.4, -0.2) is 8.42 Å². The first-order valence-corrected chi connectivity index (χ1v) is 7.56. The summed E-state index contributed by atoms with van der Waals surface area (Å²) in [5, 5.41) is 0.470. The van der Waals surface area contributed by atoms with Crippen LogP contribution in [0.15, 0.2) is 41.3 Å².